The van der Waals surface area contributed by atoms with Gasteiger partial charge in [0.25, 0.3) is 5.56 Å². The molecule has 1 aliphatic rings. The molecule has 1 unspecified atom stereocenters. The van der Waals surface area contributed by atoms with Crippen molar-refractivity contribution in [3.8, 4) is 5.75 Å². The van der Waals surface area contributed by atoms with Gasteiger partial charge in [0.1, 0.15) is 12.4 Å². The van der Waals surface area contributed by atoms with Crippen LogP contribution in [0.1, 0.15) is 35.2 Å². The summed E-state index contributed by atoms with van der Waals surface area (Å²) in [6.45, 7) is 2.45. The predicted molar refractivity (Wildman–Crippen MR) is 202 cm³/mol. The van der Waals surface area contributed by atoms with E-state index in [0.29, 0.717) is 27.2 Å². The summed E-state index contributed by atoms with van der Waals surface area (Å²) in [5, 5.41) is 0. The lowest BCUT2D eigenvalue weighted by molar-refractivity contribution is -0.138. The lowest BCUT2D eigenvalue weighted by atomic mass is 9.93. The minimum absolute atomic E-state index is 0.204. The third-order valence-electron chi connectivity index (χ3n) is 7.35. The van der Waals surface area contributed by atoms with Crippen LogP contribution < -0.4 is 19.6 Å². The first-order valence-electron chi connectivity index (χ1n) is 14.5. The lowest BCUT2D eigenvalue weighted by Crippen LogP contribution is -2.40. The van der Waals surface area contributed by atoms with Gasteiger partial charge in [-0.15, -0.1) is 11.8 Å². The number of aromatic nitrogens is 1. The molecule has 0 radical (unpaired) electrons. The Labute approximate surface area is 302 Å². The molecule has 46 heavy (non-hydrogen) atoms. The quantitative estimate of drug-likeness (QED) is 0.0876. The number of carbonyl (C=O) groups is 1. The van der Waals surface area contributed by atoms with Crippen molar-refractivity contribution in [1.29, 1.82) is 0 Å². The van der Waals surface area contributed by atoms with E-state index >= 15 is 0 Å². The van der Waals surface area contributed by atoms with Gasteiger partial charge in [-0.3, -0.25) is 9.36 Å². The number of thioether (sulfide) groups is 1. The molecule has 1 atom stereocenters. The zero-order valence-electron chi connectivity index (χ0n) is 24.9. The van der Waals surface area contributed by atoms with Gasteiger partial charge >= 0.3 is 5.97 Å². The molecule has 0 bridgehead atoms. The zero-order chi connectivity index (χ0) is 32.2. The fourth-order valence-electron chi connectivity index (χ4n) is 5.22. The van der Waals surface area contributed by atoms with Gasteiger partial charge in [-0.05, 0) is 105 Å². The average molecular weight is 871 g/mol. The molecule has 0 aliphatic carbocycles. The summed E-state index contributed by atoms with van der Waals surface area (Å²) in [5.41, 5.74) is 4.19. The van der Waals surface area contributed by atoms with Crippen LogP contribution in [0.15, 0.2) is 117 Å². The van der Waals surface area contributed by atoms with Gasteiger partial charge in [0.05, 0.1) is 35.6 Å². The first-order chi connectivity index (χ1) is 22.4. The van der Waals surface area contributed by atoms with Crippen LogP contribution in [-0.4, -0.2) is 23.4 Å². The molecule has 1 aromatic heterocycles. The highest BCUT2D eigenvalue weighted by Gasteiger charge is 2.35. The molecule has 6 nitrogen and oxygen atoms in total. The van der Waals surface area contributed by atoms with Crippen LogP contribution >= 0.6 is 68.3 Å². The summed E-state index contributed by atoms with van der Waals surface area (Å²) >= 11 is 7.50. The van der Waals surface area contributed by atoms with Gasteiger partial charge in [-0.25, -0.2) is 9.79 Å². The Kier molecular flexibility index (Phi) is 10.5. The predicted octanol–water partition coefficient (Wildman–Crippen LogP) is 7.45. The Balaban J connectivity index is 1.49. The van der Waals surface area contributed by atoms with Crippen LogP contribution in [-0.2, 0) is 16.1 Å². The maximum atomic E-state index is 14.3. The Bertz CT molecular complexity index is 2090. The molecule has 0 N–H and O–H groups in total. The van der Waals surface area contributed by atoms with E-state index in [1.165, 1.54) is 11.3 Å². The number of halogens is 2. The van der Waals surface area contributed by atoms with Crippen molar-refractivity contribution in [1.82, 2.24) is 4.57 Å². The summed E-state index contributed by atoms with van der Waals surface area (Å²) in [5.74, 6) is 0.317. The number of thiazole rings is 1. The number of benzene rings is 4. The summed E-state index contributed by atoms with van der Waals surface area (Å²) in [6.07, 6.45) is 3.90. The number of esters is 1. The molecule has 232 valence electrons. The Morgan fingerprint density at radius 1 is 0.978 bits per heavy atom. The van der Waals surface area contributed by atoms with Crippen LogP contribution in [0.2, 0.25) is 0 Å². The summed E-state index contributed by atoms with van der Waals surface area (Å²) in [6, 6.07) is 30.9. The number of hydrogen-bond acceptors (Lipinski definition) is 7. The van der Waals surface area contributed by atoms with Crippen molar-refractivity contribution in [2.24, 2.45) is 4.99 Å². The monoisotopic (exact) mass is 870 g/mol. The summed E-state index contributed by atoms with van der Waals surface area (Å²) in [7, 11) is 0. The normalized spacial score (nSPS) is 14.5. The molecule has 0 saturated heterocycles. The molecule has 2 heterocycles. The number of hydrogen-bond donors (Lipinski definition) is 0. The van der Waals surface area contributed by atoms with E-state index in [-0.39, 0.29) is 12.2 Å². The van der Waals surface area contributed by atoms with E-state index in [4.69, 9.17) is 14.5 Å². The van der Waals surface area contributed by atoms with Crippen molar-refractivity contribution >= 4 is 86.0 Å². The van der Waals surface area contributed by atoms with Crippen LogP contribution in [0.3, 0.4) is 0 Å². The van der Waals surface area contributed by atoms with E-state index in [2.05, 4.69) is 45.2 Å². The van der Waals surface area contributed by atoms with Crippen LogP contribution in [0, 0.1) is 7.14 Å². The van der Waals surface area contributed by atoms with Crippen molar-refractivity contribution in [2.45, 2.75) is 24.5 Å². The molecular weight excluding hydrogens is 842 g/mol. The smallest absolute Gasteiger partial charge is 0.338 e. The SMILES string of the molecule is CCOC(=O)C1=C(c2ccccc2)N=c2s/c(=C\c3cc(I)c(OCc4ccccc4)c(I)c3)c(=O)n2C1c1ccc(SC)cc1. The second-order valence-corrected chi connectivity index (χ2v) is 14.5. The summed E-state index contributed by atoms with van der Waals surface area (Å²) in [4.78, 5) is 34.5. The molecule has 0 spiro atoms. The zero-order valence-corrected chi connectivity index (χ0v) is 30.9. The van der Waals surface area contributed by atoms with E-state index in [9.17, 15) is 9.59 Å². The fraction of sp³-hybridized carbons (Fsp3) is 0.139. The number of nitrogens with zero attached hydrogens (tertiary/aromatic N) is 2. The minimum Gasteiger partial charge on any atom is -0.487 e. The first-order valence-corrected chi connectivity index (χ1v) is 18.7. The molecule has 10 heteroatoms. The second-order valence-electron chi connectivity index (χ2n) is 10.3. The molecule has 0 saturated carbocycles. The van der Waals surface area contributed by atoms with E-state index in [1.807, 2.05) is 109 Å². The minimum atomic E-state index is -0.711. The molecule has 6 rings (SSSR count). The Morgan fingerprint density at radius 3 is 2.26 bits per heavy atom. The first kappa shape index (κ1) is 32.7. The molecule has 0 amide bonds. The van der Waals surface area contributed by atoms with Gasteiger partial charge in [-0.1, -0.05) is 84.1 Å². The Hall–Kier alpha value is -3.20. The third kappa shape index (κ3) is 6.90. The standard InChI is InChI=1S/C36H28I2N2O4S2/c1-3-43-35(42)30-31(24-12-8-5-9-13-24)39-36-40(32(30)25-14-16-26(45-2)17-15-25)34(41)29(46-36)20-23-18-27(37)33(28(38)19-23)44-21-22-10-6-4-7-11-22/h4-20,32H,3,21H2,1-2H3/b29-20-. The summed E-state index contributed by atoms with van der Waals surface area (Å²) < 4.78 is 15.8. The molecule has 4 aromatic carbocycles. The molecule has 1 aliphatic heterocycles. The number of fused-ring (bicyclic) bond motifs is 1. The van der Waals surface area contributed by atoms with Crippen LogP contribution in [0.25, 0.3) is 11.8 Å². The van der Waals surface area contributed by atoms with Crippen molar-refractivity contribution in [2.75, 3.05) is 12.9 Å². The number of ether oxygens (including phenoxy) is 2. The topological polar surface area (TPSA) is 69.9 Å². The largest absolute Gasteiger partial charge is 0.487 e. The fourth-order valence-corrected chi connectivity index (χ4v) is 8.76. The molecule has 5 aromatic rings. The van der Waals surface area contributed by atoms with Gasteiger partial charge in [-0.2, -0.15) is 0 Å². The van der Waals surface area contributed by atoms with Crippen molar-refractivity contribution in [3.63, 3.8) is 0 Å². The molecular formula is C36H28I2N2O4S2. The Morgan fingerprint density at radius 2 is 1.63 bits per heavy atom. The van der Waals surface area contributed by atoms with Gasteiger partial charge in [0.15, 0.2) is 4.80 Å². The van der Waals surface area contributed by atoms with Gasteiger partial charge in [0, 0.05) is 10.5 Å². The third-order valence-corrected chi connectivity index (χ3v) is 10.7. The highest BCUT2D eigenvalue weighted by Crippen LogP contribution is 2.36. The van der Waals surface area contributed by atoms with E-state index in [1.54, 1.807) is 23.3 Å². The van der Waals surface area contributed by atoms with Gasteiger partial charge in [0.2, 0.25) is 0 Å². The second kappa shape index (κ2) is 14.7. The van der Waals surface area contributed by atoms with Crippen molar-refractivity contribution < 1.29 is 14.3 Å². The highest BCUT2D eigenvalue weighted by atomic mass is 127. The van der Waals surface area contributed by atoms with Crippen LogP contribution in [0.5, 0.6) is 5.75 Å². The van der Waals surface area contributed by atoms with Gasteiger partial charge < -0.3 is 9.47 Å². The van der Waals surface area contributed by atoms with Crippen molar-refractivity contribution in [3.05, 3.63) is 152 Å². The lowest BCUT2D eigenvalue weighted by Gasteiger charge is -2.26. The number of carbonyl (C=O) groups excluding carboxylic acids is 1. The maximum absolute atomic E-state index is 14.3. The number of rotatable bonds is 9. The molecule has 0 fully saturated rings. The van der Waals surface area contributed by atoms with E-state index < -0.39 is 12.0 Å². The van der Waals surface area contributed by atoms with E-state index in [0.717, 1.165) is 40.0 Å². The maximum Gasteiger partial charge on any atom is 0.338 e. The highest BCUT2D eigenvalue weighted by molar-refractivity contribution is 14.1. The average Bonchev–Trinajstić information content (AvgIpc) is 3.38. The van der Waals surface area contributed by atoms with Crippen LogP contribution in [0.4, 0.5) is 0 Å².